The number of nitrogens with one attached hydrogen (secondary N) is 1. The summed E-state index contributed by atoms with van der Waals surface area (Å²) in [4.78, 5) is 12.2. The van der Waals surface area contributed by atoms with Gasteiger partial charge in [-0.1, -0.05) is 40.2 Å². The van der Waals surface area contributed by atoms with E-state index in [0.717, 1.165) is 20.1 Å². The fourth-order valence-corrected chi connectivity index (χ4v) is 6.95. The summed E-state index contributed by atoms with van der Waals surface area (Å²) in [7, 11) is 0. The summed E-state index contributed by atoms with van der Waals surface area (Å²) < 4.78 is 19.6. The molecule has 0 aliphatic carbocycles. The van der Waals surface area contributed by atoms with E-state index in [1.807, 2.05) is 79.0 Å². The minimum absolute atomic E-state index is 0.127. The van der Waals surface area contributed by atoms with Gasteiger partial charge in [0.2, 0.25) is 0 Å². The van der Waals surface area contributed by atoms with Gasteiger partial charge in [0.15, 0.2) is 18.1 Å². The van der Waals surface area contributed by atoms with Gasteiger partial charge in [0, 0.05) is 26.0 Å². The quantitative estimate of drug-likeness (QED) is 0.173. The number of hydrazone groups is 1. The van der Waals surface area contributed by atoms with Crippen molar-refractivity contribution in [1.82, 2.24) is 5.43 Å². The molecule has 194 valence electrons. The number of hydrogen-bond donors (Lipinski definition) is 1. The van der Waals surface area contributed by atoms with Gasteiger partial charge >= 0.3 is 0 Å². The third-order valence-corrected chi connectivity index (χ3v) is 9.53. The van der Waals surface area contributed by atoms with Crippen molar-refractivity contribution in [3.05, 3.63) is 86.3 Å². The van der Waals surface area contributed by atoms with E-state index in [9.17, 15) is 4.79 Å². The lowest BCUT2D eigenvalue weighted by molar-refractivity contribution is -0.123. The van der Waals surface area contributed by atoms with Crippen LogP contribution in [0.2, 0.25) is 0 Å². The molecule has 3 aromatic rings. The number of carbonyl (C=O) groups excluding carboxylic acids is 1. The van der Waals surface area contributed by atoms with E-state index in [1.54, 1.807) is 6.21 Å². The molecule has 1 fully saturated rings. The zero-order valence-corrected chi connectivity index (χ0v) is 24.9. The maximum Gasteiger partial charge on any atom is 0.277 e. The van der Waals surface area contributed by atoms with Crippen LogP contribution < -0.4 is 19.6 Å². The monoisotopic (exact) mass is 664 g/mol. The van der Waals surface area contributed by atoms with Crippen LogP contribution in [0.15, 0.2) is 74.7 Å². The predicted molar refractivity (Wildman–Crippen MR) is 159 cm³/mol. The fourth-order valence-electron chi connectivity index (χ4n) is 3.40. The van der Waals surface area contributed by atoms with E-state index in [0.29, 0.717) is 35.0 Å². The molecule has 1 saturated heterocycles. The molecule has 0 spiro atoms. The number of carbonyl (C=O) groups is 1. The molecule has 1 N–H and O–H groups in total. The van der Waals surface area contributed by atoms with E-state index < -0.39 is 0 Å². The summed E-state index contributed by atoms with van der Waals surface area (Å²) in [6, 6.07) is 19.5. The lowest BCUT2D eigenvalue weighted by Crippen LogP contribution is -2.24. The highest BCUT2D eigenvalue weighted by Gasteiger charge is 2.18. The Kier molecular flexibility index (Phi) is 10.7. The summed E-state index contributed by atoms with van der Waals surface area (Å²) in [5.74, 6) is 3.88. The second-order valence-electron chi connectivity index (χ2n) is 7.89. The first-order chi connectivity index (χ1) is 18.0. The van der Waals surface area contributed by atoms with Gasteiger partial charge in [-0.2, -0.15) is 5.10 Å². The largest absolute Gasteiger partial charge is 0.490 e. The Balaban J connectivity index is 1.30. The van der Waals surface area contributed by atoms with E-state index in [2.05, 4.69) is 54.5 Å². The Morgan fingerprint density at radius 3 is 2.41 bits per heavy atom. The SMILES string of the molecule is CCOc1cc(/C=N\NC(=O)COc2ccc(C3SCCS3)cc2)c(Br)cc1OCc1ccc(Br)cc1. The number of nitrogens with zero attached hydrogens (tertiary/aromatic N) is 1. The van der Waals surface area contributed by atoms with Gasteiger partial charge in [0.05, 0.1) is 17.4 Å². The molecule has 1 amide bonds. The van der Waals surface area contributed by atoms with Crippen LogP contribution in [-0.4, -0.2) is 36.8 Å². The fraction of sp³-hybridized carbons (Fsp3) is 0.259. The van der Waals surface area contributed by atoms with Crippen LogP contribution in [0.4, 0.5) is 0 Å². The minimum Gasteiger partial charge on any atom is -0.490 e. The zero-order chi connectivity index (χ0) is 26.0. The summed E-state index contributed by atoms with van der Waals surface area (Å²) in [5.41, 5.74) is 5.55. The van der Waals surface area contributed by atoms with Crippen molar-refractivity contribution in [2.24, 2.45) is 5.10 Å². The highest BCUT2D eigenvalue weighted by molar-refractivity contribution is 9.10. The number of amides is 1. The highest BCUT2D eigenvalue weighted by atomic mass is 79.9. The molecule has 1 heterocycles. The van der Waals surface area contributed by atoms with Crippen LogP contribution in [0.25, 0.3) is 0 Å². The smallest absolute Gasteiger partial charge is 0.277 e. The Bertz CT molecular complexity index is 1220. The van der Waals surface area contributed by atoms with Crippen LogP contribution in [0.5, 0.6) is 17.2 Å². The van der Waals surface area contributed by atoms with Gasteiger partial charge in [0.1, 0.15) is 12.4 Å². The van der Waals surface area contributed by atoms with Crippen LogP contribution in [0, 0.1) is 0 Å². The standard InChI is InChI=1S/C27H26Br2N2O4S2/c1-2-33-24-13-20(23(29)14-25(24)35-16-18-3-7-21(28)8-4-18)15-30-31-26(32)17-34-22-9-5-19(6-10-22)27-36-11-12-37-27/h3-10,13-15,27H,2,11-12,16-17H2,1H3,(H,31,32)/b30-15-. The average molecular weight is 666 g/mol. The minimum atomic E-state index is -0.349. The molecule has 6 nitrogen and oxygen atoms in total. The first kappa shape index (κ1) is 27.9. The molecule has 3 aromatic carbocycles. The van der Waals surface area contributed by atoms with E-state index in [-0.39, 0.29) is 12.5 Å². The molecule has 0 saturated carbocycles. The van der Waals surface area contributed by atoms with Gasteiger partial charge in [-0.3, -0.25) is 4.79 Å². The van der Waals surface area contributed by atoms with Crippen molar-refractivity contribution < 1.29 is 19.0 Å². The molecule has 10 heteroatoms. The Morgan fingerprint density at radius 2 is 1.70 bits per heavy atom. The Morgan fingerprint density at radius 1 is 1.00 bits per heavy atom. The van der Waals surface area contributed by atoms with Gasteiger partial charge in [-0.25, -0.2) is 5.43 Å². The summed E-state index contributed by atoms with van der Waals surface area (Å²) in [6.07, 6.45) is 1.55. The van der Waals surface area contributed by atoms with Crippen molar-refractivity contribution in [2.75, 3.05) is 24.7 Å². The van der Waals surface area contributed by atoms with Crippen LogP contribution in [0.1, 0.15) is 28.2 Å². The third-order valence-electron chi connectivity index (χ3n) is 5.21. The number of ether oxygens (including phenoxy) is 3. The molecule has 0 atom stereocenters. The molecule has 0 aromatic heterocycles. The second kappa shape index (κ2) is 14.1. The molecule has 0 radical (unpaired) electrons. The number of hydrogen-bond acceptors (Lipinski definition) is 7. The van der Waals surface area contributed by atoms with Crippen LogP contribution >= 0.6 is 55.4 Å². The number of halogens is 2. The van der Waals surface area contributed by atoms with Crippen molar-refractivity contribution in [1.29, 1.82) is 0 Å². The first-order valence-electron chi connectivity index (χ1n) is 11.6. The van der Waals surface area contributed by atoms with Gasteiger partial charge < -0.3 is 14.2 Å². The molecule has 0 unspecified atom stereocenters. The summed E-state index contributed by atoms with van der Waals surface area (Å²) in [5, 5.41) is 4.07. The van der Waals surface area contributed by atoms with Crippen molar-refractivity contribution in [2.45, 2.75) is 18.1 Å². The topological polar surface area (TPSA) is 69.2 Å². The molecule has 37 heavy (non-hydrogen) atoms. The predicted octanol–water partition coefficient (Wildman–Crippen LogP) is 7.20. The normalized spacial score (nSPS) is 13.6. The summed E-state index contributed by atoms with van der Waals surface area (Å²) >= 11 is 10.9. The second-order valence-corrected chi connectivity index (χ2v) is 12.4. The maximum absolute atomic E-state index is 12.2. The van der Waals surface area contributed by atoms with E-state index in [1.165, 1.54) is 17.1 Å². The lowest BCUT2D eigenvalue weighted by atomic mass is 10.2. The molecular formula is C27H26Br2N2O4S2. The van der Waals surface area contributed by atoms with E-state index in [4.69, 9.17) is 14.2 Å². The van der Waals surface area contributed by atoms with Crippen molar-refractivity contribution in [3.63, 3.8) is 0 Å². The number of rotatable bonds is 11. The van der Waals surface area contributed by atoms with Crippen LogP contribution in [-0.2, 0) is 11.4 Å². The van der Waals surface area contributed by atoms with Crippen LogP contribution in [0.3, 0.4) is 0 Å². The molecule has 1 aliphatic heterocycles. The van der Waals surface area contributed by atoms with Gasteiger partial charge in [-0.05, 0) is 70.4 Å². The first-order valence-corrected chi connectivity index (χ1v) is 15.3. The maximum atomic E-state index is 12.2. The highest BCUT2D eigenvalue weighted by Crippen LogP contribution is 2.45. The summed E-state index contributed by atoms with van der Waals surface area (Å²) in [6.45, 7) is 2.68. The third kappa shape index (κ3) is 8.43. The van der Waals surface area contributed by atoms with Crippen molar-refractivity contribution >= 4 is 67.5 Å². The number of thioether (sulfide) groups is 2. The molecule has 0 bridgehead atoms. The molecular weight excluding hydrogens is 640 g/mol. The number of benzene rings is 3. The Hall–Kier alpha value is -2.14. The Labute approximate surface area is 242 Å². The van der Waals surface area contributed by atoms with Gasteiger partial charge in [-0.15, -0.1) is 23.5 Å². The lowest BCUT2D eigenvalue weighted by Gasteiger charge is -2.14. The molecule has 4 rings (SSSR count). The van der Waals surface area contributed by atoms with Crippen molar-refractivity contribution in [3.8, 4) is 17.2 Å². The average Bonchev–Trinajstić information content (AvgIpc) is 3.45. The molecule has 1 aliphatic rings. The zero-order valence-electron chi connectivity index (χ0n) is 20.1. The van der Waals surface area contributed by atoms with Gasteiger partial charge in [0.25, 0.3) is 5.91 Å². The van der Waals surface area contributed by atoms with E-state index >= 15 is 0 Å².